The van der Waals surface area contributed by atoms with Crippen LogP contribution in [0.2, 0.25) is 0 Å². The number of nitrogens with two attached hydrogens (primary N) is 1. The molecule has 2 aromatic carbocycles. The maximum atomic E-state index is 13.1. The second-order valence-electron chi connectivity index (χ2n) is 24.7. The second-order valence-corrected chi connectivity index (χ2v) is 29.4. The van der Waals surface area contributed by atoms with Crippen LogP contribution in [0.15, 0.2) is 137 Å². The molecule has 1 amide bonds. The van der Waals surface area contributed by atoms with Crippen molar-refractivity contribution < 1.29 is 161 Å². The smallest absolute Gasteiger partial charge is 1.00 e. The van der Waals surface area contributed by atoms with Crippen LogP contribution in [-0.4, -0.2) is 197 Å². The largest absolute Gasteiger partial charge is 1.00 e. The standard InChI is InChI=1S/C23H25F3N6O4S.C14H18N2O3.C12H13BrN2O2.C12H14N2O3.C11H13F3N4O2S.C2H5BF2O.ClH.FH.K/c1-3-19-21(31-14-18(36-4-2)9-10-20(31)29-19)22(33)27-13-16-5-7-17(8-6-16)32-12-11-30(15-28-32)37(34,35)23(24,25)26;1-4-11-13(14(17)19-5-2)16-8-10(9-18-3)6-7-12(16)15-11;1-3-9-11(12(16)17-4-2)15-7-8(13)5-6-10(15)14-9;1-3-9-11(12(15)16)14-6-8(7-17-2)4-5-10(14)13-9;12-11(13,14)21(19,20)17-5-6-18(16-8-17)10-3-1-9(7-15)2-4-10;1-6-2-3(4)5;;;/h5-10,14-15H,3-4,11-13H2,1-2H3,(H,27,33);6-8H,4-5,9H2,1-3H3;5-7H,3-4H2,1-2H3;4-6H,3,7H2,1-2H3,(H,15,16);1-4,8H,5-7,15H2;2H2,1H3;2*1H;/q;;;;;;;;+1/p-1. The number of hydrogen-bond acceptors (Lipinski definition) is 23. The molecule has 10 heterocycles. The van der Waals surface area contributed by atoms with Gasteiger partial charge >= 0.3 is 108 Å². The first-order chi connectivity index (χ1) is 55.6. The number of pyridine rings is 4. The minimum Gasteiger partial charge on any atom is -1.00 e. The number of benzene rings is 2. The van der Waals surface area contributed by atoms with Gasteiger partial charge in [-0.2, -0.15) is 53.4 Å². The molecule has 2 aliphatic heterocycles. The molecule has 12 rings (SSSR count). The Morgan fingerprint density at radius 3 is 1.24 bits per heavy atom. The van der Waals surface area contributed by atoms with Crippen LogP contribution < -0.4 is 81.9 Å². The minimum absolute atomic E-state index is 0. The van der Waals surface area contributed by atoms with E-state index in [4.69, 9.17) is 29.4 Å². The van der Waals surface area contributed by atoms with Gasteiger partial charge in [0.15, 0.2) is 17.1 Å². The zero-order valence-corrected chi connectivity index (χ0v) is 74.3. The topological polar surface area (TPSA) is 357 Å². The van der Waals surface area contributed by atoms with E-state index < -0.39 is 57.4 Å². The molecule has 120 heavy (non-hydrogen) atoms. The Morgan fingerprint density at radius 2 is 0.892 bits per heavy atom. The Balaban J connectivity index is 0.000000319. The molecule has 0 radical (unpaired) electrons. The number of anilines is 2. The number of alkyl halides is 6. The first-order valence-electron chi connectivity index (χ1n) is 36.2. The molecule has 31 nitrogen and oxygen atoms in total. The van der Waals surface area contributed by atoms with Crippen molar-refractivity contribution in [2.75, 3.05) is 83.9 Å². The zero-order chi connectivity index (χ0) is 86.1. The van der Waals surface area contributed by atoms with Gasteiger partial charge < -0.3 is 49.3 Å². The van der Waals surface area contributed by atoms with Crippen molar-refractivity contribution in [3.63, 3.8) is 0 Å². The van der Waals surface area contributed by atoms with E-state index in [1.165, 1.54) is 17.1 Å². The summed E-state index contributed by atoms with van der Waals surface area (Å²) in [6.07, 6.45) is 11.1. The maximum absolute atomic E-state index is 13.1. The van der Waals surface area contributed by atoms with E-state index >= 15 is 0 Å². The van der Waals surface area contributed by atoms with Gasteiger partial charge in [-0.15, -0.1) is 12.4 Å². The molecule has 0 unspecified atom stereocenters. The van der Waals surface area contributed by atoms with Gasteiger partial charge in [0.2, 0.25) is 0 Å². The number of sulfonamides is 2. The molecule has 0 spiro atoms. The molecule has 0 bridgehead atoms. The number of ether oxygens (including phenoxy) is 6. The van der Waals surface area contributed by atoms with Crippen LogP contribution in [0.3, 0.4) is 0 Å². The van der Waals surface area contributed by atoms with Gasteiger partial charge in [0, 0.05) is 57.5 Å². The molecule has 10 aromatic rings. The number of aromatic nitrogens is 8. The number of carbonyl (C=O) groups is 4. The van der Waals surface area contributed by atoms with Crippen LogP contribution >= 0.6 is 28.3 Å². The van der Waals surface area contributed by atoms with E-state index in [-0.39, 0.29) is 127 Å². The number of carboxylic acid groups (broad SMARTS) is 1. The van der Waals surface area contributed by atoms with Gasteiger partial charge in [0.05, 0.1) is 106 Å². The van der Waals surface area contributed by atoms with E-state index in [0.717, 1.165) is 49.4 Å². The number of carbonyl (C=O) groups excluding carboxylic acids is 3. The summed E-state index contributed by atoms with van der Waals surface area (Å²) in [5, 5.41) is 22.5. The Bertz CT molecular complexity index is 5350. The van der Waals surface area contributed by atoms with Crippen molar-refractivity contribution >= 4 is 126 Å². The van der Waals surface area contributed by atoms with Crippen molar-refractivity contribution in [2.24, 2.45) is 15.9 Å². The number of halogens is 11. The molecule has 46 heteroatoms. The zero-order valence-electron chi connectivity index (χ0n) is 67.1. The molecule has 0 fully saturated rings. The Morgan fingerprint density at radius 1 is 0.517 bits per heavy atom. The van der Waals surface area contributed by atoms with Gasteiger partial charge in [-0.1, -0.05) is 64.1 Å². The van der Waals surface area contributed by atoms with E-state index in [9.17, 15) is 76.1 Å². The number of methoxy groups -OCH3 is 3. The quantitative estimate of drug-likeness (QED) is 0.0334. The number of imidazole rings is 4. The number of carboxylic acids is 1. The number of hydrogen-bond donors (Lipinski definition) is 3. The Labute approximate surface area is 743 Å². The van der Waals surface area contributed by atoms with Gasteiger partial charge in [0.1, 0.15) is 46.7 Å². The van der Waals surface area contributed by atoms with Gasteiger partial charge in [-0.25, -0.2) is 42.9 Å². The minimum atomic E-state index is -5.47. The number of aryl methyl sites for hydroxylation is 4. The molecule has 0 atom stereocenters. The molecular formula is C74H89BBrClF9KN16O15S2. The van der Waals surface area contributed by atoms with Crippen molar-refractivity contribution in [2.45, 2.75) is 111 Å². The second kappa shape index (κ2) is 48.0. The fraction of sp³-hybridized carbons (Fsp3) is 0.378. The third kappa shape index (κ3) is 26.8. The number of esters is 2. The van der Waals surface area contributed by atoms with Crippen LogP contribution in [0.4, 0.5) is 46.3 Å². The first kappa shape index (κ1) is 103. The van der Waals surface area contributed by atoms with Crippen molar-refractivity contribution in [3.8, 4) is 5.75 Å². The summed E-state index contributed by atoms with van der Waals surface area (Å²) in [5.41, 5.74) is 6.82. The summed E-state index contributed by atoms with van der Waals surface area (Å²) < 4.78 is 181. The molecule has 0 aliphatic carbocycles. The predicted octanol–water partition coefficient (Wildman–Crippen LogP) is 6.03. The van der Waals surface area contributed by atoms with Crippen LogP contribution in [0.25, 0.3) is 22.6 Å². The normalized spacial score (nSPS) is 12.5. The summed E-state index contributed by atoms with van der Waals surface area (Å²) in [6.45, 7) is 14.8. The monoisotopic (exact) mass is 1840 g/mol. The van der Waals surface area contributed by atoms with Crippen molar-refractivity contribution in [1.82, 2.24) is 51.5 Å². The van der Waals surface area contributed by atoms with Gasteiger partial charge in [-0.3, -0.25) is 41.0 Å². The number of rotatable bonds is 25. The number of amides is 1. The van der Waals surface area contributed by atoms with Gasteiger partial charge in [-0.05, 0) is 145 Å². The average molecular weight is 1840 g/mol. The molecule has 0 saturated carbocycles. The summed E-state index contributed by atoms with van der Waals surface area (Å²) in [4.78, 5) is 66.0. The summed E-state index contributed by atoms with van der Waals surface area (Å²) in [7, 11) is -8.68. The number of nitrogens with zero attached hydrogens (tertiary/aromatic N) is 14. The maximum Gasteiger partial charge on any atom is 1.00 e. The van der Waals surface area contributed by atoms with Crippen LogP contribution in [0, 0.1) is 0 Å². The summed E-state index contributed by atoms with van der Waals surface area (Å²) >= 11 is 3.39. The third-order valence-corrected chi connectivity index (χ3v) is 20.2. The van der Waals surface area contributed by atoms with Gasteiger partial charge in [0.25, 0.3) is 5.91 Å². The van der Waals surface area contributed by atoms with Crippen molar-refractivity contribution in [3.05, 3.63) is 194 Å². The molecule has 8 aromatic heterocycles. The van der Waals surface area contributed by atoms with E-state index in [0.29, 0.717) is 135 Å². The van der Waals surface area contributed by atoms with E-state index in [1.807, 2.05) is 77.3 Å². The summed E-state index contributed by atoms with van der Waals surface area (Å²) in [5.74, 6) is -1.28. The first-order valence-corrected chi connectivity index (χ1v) is 39.9. The fourth-order valence-electron chi connectivity index (χ4n) is 11.3. The van der Waals surface area contributed by atoms with Crippen LogP contribution in [-0.2, 0) is 95.7 Å². The number of aromatic carboxylic acids is 1. The number of fused-ring (bicyclic) bond motifs is 4. The van der Waals surface area contributed by atoms with E-state index in [1.54, 1.807) is 125 Å². The van der Waals surface area contributed by atoms with Crippen LogP contribution in [0.5, 0.6) is 5.75 Å². The van der Waals surface area contributed by atoms with E-state index in [2.05, 4.69) is 56.1 Å². The molecule has 0 saturated heterocycles. The average Bonchev–Trinajstić information content (AvgIpc) is 1.57. The molecular weight excluding hydrogens is 1750 g/mol. The predicted molar refractivity (Wildman–Crippen MR) is 432 cm³/mol. The Hall–Kier alpha value is -9.00. The molecule has 648 valence electrons. The number of hydrazone groups is 2. The summed E-state index contributed by atoms with van der Waals surface area (Å²) in [6, 6.07) is 28.7. The third-order valence-electron chi connectivity index (χ3n) is 16.8. The fourth-order valence-corrected chi connectivity index (χ4v) is 13.2. The number of nitrogens with one attached hydrogen (secondary N) is 1. The SMILES string of the molecule is CCOC(=O)c1c(CC)nc2ccc(Br)cn12.CCOC(=O)c1c(CC)nc2ccc(COC)cn12.CCOc1ccc2nc(CC)c(C(=O)NCc3ccc(N4CCN(S(=O)(=O)C(F)(F)F)C=N4)cc3)n2c1.CCc1nc2ccc(COC)cn2c1C(=O)O.COCB(F)F.Cl.NCc1ccc(N2CCN(S(=O)(=O)C(F)(F)F)C=N2)cc1.[F-].[K+]. The Kier molecular flexibility index (Phi) is 41.3. The van der Waals surface area contributed by atoms with Crippen molar-refractivity contribution in [1.29, 1.82) is 0 Å². The molecule has 2 aliphatic rings. The molecule has 4 N–H and O–H groups in total. The van der Waals surface area contributed by atoms with Crippen LogP contribution in [0.1, 0.15) is 135 Å².